The Balaban J connectivity index is 1.96. The largest absolute Gasteiger partial charge is 0.382 e. The zero-order valence-electron chi connectivity index (χ0n) is 9.84. The summed E-state index contributed by atoms with van der Waals surface area (Å²) in [7, 11) is -3.52. The fourth-order valence-electron chi connectivity index (χ4n) is 1.87. The second-order valence-corrected chi connectivity index (χ2v) is 6.85. The maximum atomic E-state index is 11.9. The number of rotatable bonds is 4. The molecule has 1 aromatic carbocycles. The molecule has 0 bridgehead atoms. The van der Waals surface area contributed by atoms with Gasteiger partial charge in [0.1, 0.15) is 5.75 Å². The first kappa shape index (κ1) is 13.8. The van der Waals surface area contributed by atoms with Gasteiger partial charge in [0.25, 0.3) is 0 Å². The molecule has 1 fully saturated rings. The molecule has 0 saturated carbocycles. The summed E-state index contributed by atoms with van der Waals surface area (Å²) in [5, 5.41) is 0. The summed E-state index contributed by atoms with van der Waals surface area (Å²) in [6.07, 6.45) is 1.56. The summed E-state index contributed by atoms with van der Waals surface area (Å²) in [6.45, 7) is 1.27. The van der Waals surface area contributed by atoms with Crippen LogP contribution in [0.2, 0.25) is 0 Å². The van der Waals surface area contributed by atoms with Gasteiger partial charge in [-0.05, 0) is 43.0 Å². The van der Waals surface area contributed by atoms with Crippen LogP contribution in [0.15, 0.2) is 28.7 Å². The molecule has 0 N–H and O–H groups in total. The minimum Gasteiger partial charge on any atom is -0.382 e. The van der Waals surface area contributed by atoms with Crippen LogP contribution in [-0.4, -0.2) is 27.4 Å². The predicted octanol–water partition coefficient (Wildman–Crippen LogP) is 2.58. The second-order valence-electron chi connectivity index (χ2n) is 4.32. The molecular formula is C12H15BrO4S. The van der Waals surface area contributed by atoms with Gasteiger partial charge in [-0.1, -0.05) is 15.9 Å². The highest BCUT2D eigenvalue weighted by atomic mass is 79.9. The molecule has 0 aromatic heterocycles. The average molecular weight is 335 g/mol. The molecule has 2 rings (SSSR count). The summed E-state index contributed by atoms with van der Waals surface area (Å²) in [5.41, 5.74) is 0. The Labute approximate surface area is 116 Å². The molecule has 0 spiro atoms. The normalized spacial score (nSPS) is 17.6. The van der Waals surface area contributed by atoms with Crippen LogP contribution in [0.4, 0.5) is 0 Å². The number of benzene rings is 1. The Hall–Kier alpha value is -0.590. The van der Waals surface area contributed by atoms with E-state index in [0.717, 1.165) is 17.3 Å². The summed E-state index contributed by atoms with van der Waals surface area (Å²) in [6, 6.07) is 6.76. The fourth-order valence-corrected chi connectivity index (χ4v) is 3.52. The Bertz CT molecular complexity index is 477. The van der Waals surface area contributed by atoms with Gasteiger partial charge in [0.2, 0.25) is 0 Å². The molecule has 0 radical (unpaired) electrons. The Kier molecular flexibility index (Phi) is 4.64. The van der Waals surface area contributed by atoms with Gasteiger partial charge < -0.3 is 8.92 Å². The second kappa shape index (κ2) is 6.04. The van der Waals surface area contributed by atoms with Crippen molar-refractivity contribution in [3.8, 4) is 5.75 Å². The highest BCUT2D eigenvalue weighted by Gasteiger charge is 2.23. The lowest BCUT2D eigenvalue weighted by molar-refractivity contribution is 0.0720. The lowest BCUT2D eigenvalue weighted by Crippen LogP contribution is -2.26. The molecule has 18 heavy (non-hydrogen) atoms. The van der Waals surface area contributed by atoms with Crippen molar-refractivity contribution in [2.45, 2.75) is 12.8 Å². The van der Waals surface area contributed by atoms with E-state index in [0.29, 0.717) is 19.0 Å². The van der Waals surface area contributed by atoms with Gasteiger partial charge in [0, 0.05) is 17.7 Å². The smallest absolute Gasteiger partial charge is 0.309 e. The van der Waals surface area contributed by atoms with E-state index in [1.165, 1.54) is 0 Å². The standard InChI is InChI=1S/C12H15BrO4S/c13-11-1-3-12(4-2-11)17-18(14,15)9-10-5-7-16-8-6-10/h1-4,10H,5-9H2. The van der Waals surface area contributed by atoms with Crippen molar-refractivity contribution >= 4 is 26.0 Å². The molecule has 1 aliphatic rings. The van der Waals surface area contributed by atoms with Crippen LogP contribution in [0.5, 0.6) is 5.75 Å². The van der Waals surface area contributed by atoms with E-state index in [1.54, 1.807) is 24.3 Å². The topological polar surface area (TPSA) is 52.6 Å². The average Bonchev–Trinajstić information content (AvgIpc) is 2.32. The third-order valence-electron chi connectivity index (χ3n) is 2.82. The van der Waals surface area contributed by atoms with E-state index in [-0.39, 0.29) is 11.7 Å². The van der Waals surface area contributed by atoms with Crippen LogP contribution < -0.4 is 4.18 Å². The van der Waals surface area contributed by atoms with Gasteiger partial charge >= 0.3 is 10.1 Å². The van der Waals surface area contributed by atoms with E-state index in [4.69, 9.17) is 8.92 Å². The number of ether oxygens (including phenoxy) is 1. The monoisotopic (exact) mass is 334 g/mol. The van der Waals surface area contributed by atoms with Crippen LogP contribution in [0, 0.1) is 5.92 Å². The lowest BCUT2D eigenvalue weighted by Gasteiger charge is -2.21. The molecule has 0 atom stereocenters. The summed E-state index contributed by atoms with van der Waals surface area (Å²) in [4.78, 5) is 0. The van der Waals surface area contributed by atoms with Crippen LogP contribution in [0.1, 0.15) is 12.8 Å². The van der Waals surface area contributed by atoms with E-state index in [1.807, 2.05) is 0 Å². The Morgan fingerprint density at radius 1 is 1.22 bits per heavy atom. The summed E-state index contributed by atoms with van der Waals surface area (Å²) in [5.74, 6) is 0.552. The molecule has 100 valence electrons. The predicted molar refractivity (Wildman–Crippen MR) is 72.1 cm³/mol. The van der Waals surface area contributed by atoms with E-state index in [2.05, 4.69) is 15.9 Å². The minimum absolute atomic E-state index is 0.0619. The fraction of sp³-hybridized carbons (Fsp3) is 0.500. The number of hydrogen-bond donors (Lipinski definition) is 0. The minimum atomic E-state index is -3.52. The molecule has 4 nitrogen and oxygen atoms in total. The van der Waals surface area contributed by atoms with E-state index < -0.39 is 10.1 Å². The van der Waals surface area contributed by atoms with Gasteiger partial charge in [0.15, 0.2) is 0 Å². The van der Waals surface area contributed by atoms with Gasteiger partial charge in [-0.3, -0.25) is 0 Å². The molecule has 0 aliphatic carbocycles. The van der Waals surface area contributed by atoms with E-state index in [9.17, 15) is 8.42 Å². The summed E-state index contributed by atoms with van der Waals surface area (Å²) < 4.78 is 34.9. The van der Waals surface area contributed by atoms with Gasteiger partial charge in [0.05, 0.1) is 5.75 Å². The highest BCUT2D eigenvalue weighted by Crippen LogP contribution is 2.21. The van der Waals surface area contributed by atoms with Crippen LogP contribution in [0.3, 0.4) is 0 Å². The SMILES string of the molecule is O=S(=O)(CC1CCOCC1)Oc1ccc(Br)cc1. The third kappa shape index (κ3) is 4.26. The molecule has 1 saturated heterocycles. The van der Waals surface area contributed by atoms with Crippen LogP contribution in [-0.2, 0) is 14.9 Å². The van der Waals surface area contributed by atoms with Crippen molar-refractivity contribution in [2.75, 3.05) is 19.0 Å². The summed E-state index contributed by atoms with van der Waals surface area (Å²) >= 11 is 3.29. The third-order valence-corrected chi connectivity index (χ3v) is 4.67. The molecule has 1 aliphatic heterocycles. The van der Waals surface area contributed by atoms with Crippen molar-refractivity contribution in [3.05, 3.63) is 28.7 Å². The number of hydrogen-bond acceptors (Lipinski definition) is 4. The zero-order valence-corrected chi connectivity index (χ0v) is 12.2. The van der Waals surface area contributed by atoms with Crippen LogP contribution >= 0.6 is 15.9 Å². The lowest BCUT2D eigenvalue weighted by atomic mass is 10.0. The maximum Gasteiger partial charge on any atom is 0.309 e. The molecule has 1 aromatic rings. The Morgan fingerprint density at radius 2 is 1.83 bits per heavy atom. The van der Waals surface area contributed by atoms with E-state index >= 15 is 0 Å². The van der Waals surface area contributed by atoms with Gasteiger partial charge in [-0.15, -0.1) is 0 Å². The first-order chi connectivity index (χ1) is 8.55. The molecule has 0 unspecified atom stereocenters. The highest BCUT2D eigenvalue weighted by molar-refractivity contribution is 9.10. The van der Waals surface area contributed by atoms with Crippen molar-refractivity contribution in [2.24, 2.45) is 5.92 Å². The first-order valence-electron chi connectivity index (χ1n) is 5.81. The maximum absolute atomic E-state index is 11.9. The van der Waals surface area contributed by atoms with Gasteiger partial charge in [-0.25, -0.2) is 0 Å². The van der Waals surface area contributed by atoms with Crippen molar-refractivity contribution in [1.29, 1.82) is 0 Å². The first-order valence-corrected chi connectivity index (χ1v) is 8.18. The van der Waals surface area contributed by atoms with Gasteiger partial charge in [-0.2, -0.15) is 8.42 Å². The van der Waals surface area contributed by atoms with Crippen molar-refractivity contribution in [3.63, 3.8) is 0 Å². The van der Waals surface area contributed by atoms with Crippen molar-refractivity contribution < 1.29 is 17.3 Å². The van der Waals surface area contributed by atoms with Crippen molar-refractivity contribution in [1.82, 2.24) is 0 Å². The number of halogens is 1. The molecule has 1 heterocycles. The van der Waals surface area contributed by atoms with Crippen LogP contribution in [0.25, 0.3) is 0 Å². The molecule has 6 heteroatoms. The zero-order chi connectivity index (χ0) is 13.0. The molecule has 0 amide bonds. The molecular weight excluding hydrogens is 320 g/mol. The Morgan fingerprint density at radius 3 is 2.44 bits per heavy atom. The quantitative estimate of drug-likeness (QED) is 0.794.